The highest BCUT2D eigenvalue weighted by Gasteiger charge is 2.41. The molecule has 1 aromatic heterocycles. The summed E-state index contributed by atoms with van der Waals surface area (Å²) in [5.41, 5.74) is -1.17. The normalized spacial score (nSPS) is 13.0. The van der Waals surface area contributed by atoms with Crippen molar-refractivity contribution < 1.29 is 22.7 Å². The van der Waals surface area contributed by atoms with E-state index in [9.17, 15) is 22.8 Å². The van der Waals surface area contributed by atoms with Crippen molar-refractivity contribution in [3.8, 4) is 11.4 Å². The number of hydrazone groups is 1. The molecule has 0 aliphatic rings. The van der Waals surface area contributed by atoms with Gasteiger partial charge in [-0.05, 0) is 44.2 Å². The van der Waals surface area contributed by atoms with Crippen LogP contribution in [0.15, 0.2) is 58.4 Å². The van der Waals surface area contributed by atoms with E-state index in [-0.39, 0.29) is 16.5 Å². The Hall–Kier alpha value is -3.24. The molecule has 0 radical (unpaired) electrons. The number of para-hydroxylation sites is 1. The first-order valence-electron chi connectivity index (χ1n) is 9.43. The third-order valence-electron chi connectivity index (χ3n) is 4.44. The van der Waals surface area contributed by atoms with Crippen molar-refractivity contribution in [2.45, 2.75) is 26.1 Å². The summed E-state index contributed by atoms with van der Waals surface area (Å²) in [4.78, 5) is 25.1. The van der Waals surface area contributed by atoms with E-state index in [1.54, 1.807) is 30.3 Å². The molecule has 0 bridgehead atoms. The van der Waals surface area contributed by atoms with Crippen LogP contribution < -0.4 is 15.7 Å². The van der Waals surface area contributed by atoms with Gasteiger partial charge in [-0.2, -0.15) is 18.3 Å². The number of aryl methyl sites for hydroxylation is 1. The van der Waals surface area contributed by atoms with Crippen LogP contribution in [0.4, 0.5) is 13.2 Å². The predicted molar refractivity (Wildman–Crippen MR) is 118 cm³/mol. The van der Waals surface area contributed by atoms with Crippen molar-refractivity contribution in [3.63, 3.8) is 0 Å². The third kappa shape index (κ3) is 5.58. The number of alkyl halides is 3. The highest BCUT2D eigenvalue weighted by molar-refractivity contribution is 6.35. The van der Waals surface area contributed by atoms with Gasteiger partial charge in [0.1, 0.15) is 5.75 Å². The molecule has 0 saturated carbocycles. The smallest absolute Gasteiger partial charge is 0.435 e. The molecule has 7 nitrogen and oxygen atoms in total. The number of hydrogen-bond donors (Lipinski definition) is 2. The number of nitrogens with zero attached hydrogens (tertiary/aromatic N) is 2. The Morgan fingerprint density at radius 1 is 1.18 bits per heavy atom. The number of ether oxygens (including phenoxy) is 1. The van der Waals surface area contributed by atoms with Crippen LogP contribution in [-0.2, 0) is 4.79 Å². The molecular formula is C21H17Cl2F3N4O3. The van der Waals surface area contributed by atoms with Crippen LogP contribution in [0.2, 0.25) is 10.0 Å². The Kier molecular flexibility index (Phi) is 7.19. The Balaban J connectivity index is 1.88. The molecule has 33 heavy (non-hydrogen) atoms. The number of hydrogen-bond acceptors (Lipinski definition) is 4. The first-order chi connectivity index (χ1) is 15.5. The van der Waals surface area contributed by atoms with Crippen molar-refractivity contribution in [2.24, 2.45) is 5.10 Å². The Morgan fingerprint density at radius 2 is 1.85 bits per heavy atom. The standard InChI is InChI=1S/C21H17Cl2F3N4O3/c1-11-17(20(32)30(29-11)14-6-4-3-5-7-14)18(21(24,25)26)27-28-19(31)12(2)33-16-9-8-13(22)10-15(16)23/h3-10,12,29H,1-2H3,(H,28,31)/b27-18-/t12-/m0/s1. The maximum atomic E-state index is 13.8. The number of H-pyrrole nitrogens is 1. The van der Waals surface area contributed by atoms with Crippen LogP contribution in [0.1, 0.15) is 18.2 Å². The van der Waals surface area contributed by atoms with E-state index in [1.165, 1.54) is 32.0 Å². The van der Waals surface area contributed by atoms with Crippen molar-refractivity contribution >= 4 is 34.8 Å². The highest BCUT2D eigenvalue weighted by Crippen LogP contribution is 2.28. The molecule has 0 saturated heterocycles. The minimum absolute atomic E-state index is 0.0774. The summed E-state index contributed by atoms with van der Waals surface area (Å²) in [6.07, 6.45) is -6.28. The topological polar surface area (TPSA) is 88.5 Å². The number of benzene rings is 2. The Bertz CT molecular complexity index is 1250. The summed E-state index contributed by atoms with van der Waals surface area (Å²) in [5, 5.41) is 6.27. The van der Waals surface area contributed by atoms with Crippen LogP contribution in [0.3, 0.4) is 0 Å². The summed E-state index contributed by atoms with van der Waals surface area (Å²) in [7, 11) is 0. The van der Waals surface area contributed by atoms with E-state index in [0.717, 1.165) is 4.68 Å². The van der Waals surface area contributed by atoms with Gasteiger partial charge >= 0.3 is 6.18 Å². The number of rotatable bonds is 6. The lowest BCUT2D eigenvalue weighted by Gasteiger charge is -2.15. The maximum absolute atomic E-state index is 13.8. The van der Waals surface area contributed by atoms with Gasteiger partial charge in [-0.15, -0.1) is 0 Å². The molecule has 0 aliphatic carbocycles. The quantitative estimate of drug-likeness (QED) is 0.382. The van der Waals surface area contributed by atoms with Crippen molar-refractivity contribution in [1.29, 1.82) is 0 Å². The monoisotopic (exact) mass is 500 g/mol. The predicted octanol–water partition coefficient (Wildman–Crippen LogP) is 4.63. The lowest BCUT2D eigenvalue weighted by Crippen LogP contribution is -2.37. The van der Waals surface area contributed by atoms with Gasteiger partial charge in [-0.1, -0.05) is 41.4 Å². The first kappa shape index (κ1) is 24.4. The van der Waals surface area contributed by atoms with Crippen molar-refractivity contribution in [1.82, 2.24) is 15.2 Å². The van der Waals surface area contributed by atoms with E-state index in [1.807, 2.05) is 5.43 Å². The zero-order valence-corrected chi connectivity index (χ0v) is 18.7. The number of nitrogens with one attached hydrogen (secondary N) is 2. The summed E-state index contributed by atoms with van der Waals surface area (Å²) in [5.74, 6) is -0.879. The number of halogens is 5. The van der Waals surface area contributed by atoms with Gasteiger partial charge in [0.25, 0.3) is 11.5 Å². The fraction of sp³-hybridized carbons (Fsp3) is 0.190. The molecule has 174 valence electrons. The average molecular weight is 501 g/mol. The summed E-state index contributed by atoms with van der Waals surface area (Å²) in [6, 6.07) is 12.3. The minimum Gasteiger partial charge on any atom is -0.479 e. The van der Waals surface area contributed by atoms with Gasteiger partial charge in [0.05, 0.1) is 16.3 Å². The summed E-state index contributed by atoms with van der Waals surface area (Å²) >= 11 is 11.8. The second-order valence-electron chi connectivity index (χ2n) is 6.86. The molecule has 3 aromatic rings. The van der Waals surface area contributed by atoms with Gasteiger partial charge in [0.2, 0.25) is 0 Å². The first-order valence-corrected chi connectivity index (χ1v) is 10.2. The molecular weight excluding hydrogens is 484 g/mol. The fourth-order valence-electron chi connectivity index (χ4n) is 2.86. The van der Waals surface area contributed by atoms with E-state index in [4.69, 9.17) is 27.9 Å². The average Bonchev–Trinajstić information content (AvgIpc) is 3.04. The number of aromatic nitrogens is 2. The van der Waals surface area contributed by atoms with Gasteiger partial charge in [0, 0.05) is 10.7 Å². The molecule has 2 N–H and O–H groups in total. The van der Waals surface area contributed by atoms with Gasteiger partial charge in [-0.25, -0.2) is 10.1 Å². The molecule has 0 aliphatic heterocycles. The zero-order valence-electron chi connectivity index (χ0n) is 17.2. The van der Waals surface area contributed by atoms with E-state index < -0.39 is 35.0 Å². The largest absolute Gasteiger partial charge is 0.479 e. The molecule has 12 heteroatoms. The number of amides is 1. The third-order valence-corrected chi connectivity index (χ3v) is 4.97. The van der Waals surface area contributed by atoms with E-state index >= 15 is 0 Å². The SMILES string of the molecule is Cc1[nH]n(-c2ccccc2)c(=O)c1/C(=N/NC(=O)[C@H](C)Oc1ccc(Cl)cc1Cl)C(F)(F)F. The van der Waals surface area contributed by atoms with Crippen molar-refractivity contribution in [3.05, 3.63) is 80.2 Å². The van der Waals surface area contributed by atoms with Crippen molar-refractivity contribution in [2.75, 3.05) is 0 Å². The van der Waals surface area contributed by atoms with E-state index in [0.29, 0.717) is 10.7 Å². The van der Waals surface area contributed by atoms with Crippen LogP contribution in [0.25, 0.3) is 5.69 Å². The van der Waals surface area contributed by atoms with Crippen LogP contribution in [-0.4, -0.2) is 33.7 Å². The second-order valence-corrected chi connectivity index (χ2v) is 7.70. The van der Waals surface area contributed by atoms with Gasteiger partial charge in [0.15, 0.2) is 11.8 Å². The number of aromatic amines is 1. The number of carbonyl (C=O) groups is 1. The molecule has 1 amide bonds. The lowest BCUT2D eigenvalue weighted by molar-refractivity contribution is -0.127. The zero-order chi connectivity index (χ0) is 24.3. The molecule has 3 rings (SSSR count). The summed E-state index contributed by atoms with van der Waals surface area (Å²) < 4.78 is 47.6. The fourth-order valence-corrected chi connectivity index (χ4v) is 3.32. The lowest BCUT2D eigenvalue weighted by atomic mass is 10.1. The molecule has 0 fully saturated rings. The number of carbonyl (C=O) groups excluding carboxylic acids is 1. The summed E-state index contributed by atoms with van der Waals surface area (Å²) in [6.45, 7) is 2.60. The Morgan fingerprint density at radius 3 is 2.45 bits per heavy atom. The molecule has 2 aromatic carbocycles. The van der Waals surface area contributed by atoms with Gasteiger partial charge in [-0.3, -0.25) is 14.7 Å². The molecule has 1 atom stereocenters. The maximum Gasteiger partial charge on any atom is 0.435 e. The van der Waals surface area contributed by atoms with Crippen LogP contribution in [0.5, 0.6) is 5.75 Å². The Labute approximate surface area is 195 Å². The van der Waals surface area contributed by atoms with Crippen LogP contribution in [0, 0.1) is 6.92 Å². The highest BCUT2D eigenvalue weighted by atomic mass is 35.5. The van der Waals surface area contributed by atoms with Gasteiger partial charge < -0.3 is 4.74 Å². The van der Waals surface area contributed by atoms with E-state index in [2.05, 4.69) is 10.2 Å². The molecule has 1 heterocycles. The molecule has 0 unspecified atom stereocenters. The second kappa shape index (κ2) is 9.72. The van der Waals surface area contributed by atoms with Crippen LogP contribution >= 0.6 is 23.2 Å². The minimum atomic E-state index is -5.03. The molecule has 0 spiro atoms.